The Kier molecular flexibility index (Phi) is 4.55. The number of Topliss-reactive ketones (excluding diaryl/α,β-unsaturated/α-hetero) is 1. The zero-order valence-corrected chi connectivity index (χ0v) is 16.6. The SMILES string of the molecule is O=C1C(=O)N(Cc2cccs2)C(c2ccco2)/C1=C(/O)c1ccc2c(c1)OCCO2. The van der Waals surface area contributed by atoms with Crippen molar-refractivity contribution >= 4 is 28.8 Å². The second-order valence-electron chi connectivity index (χ2n) is 6.88. The molecule has 0 saturated carbocycles. The third-order valence-corrected chi connectivity index (χ3v) is 5.94. The van der Waals surface area contributed by atoms with Crippen LogP contribution in [0.1, 0.15) is 22.2 Å². The molecule has 1 N–H and O–H groups in total. The number of ether oxygens (including phenoxy) is 2. The summed E-state index contributed by atoms with van der Waals surface area (Å²) in [5, 5.41) is 13.0. The Hall–Kier alpha value is -3.52. The Morgan fingerprint density at radius 1 is 1.10 bits per heavy atom. The van der Waals surface area contributed by atoms with Crippen LogP contribution in [0.3, 0.4) is 0 Å². The van der Waals surface area contributed by atoms with E-state index in [1.54, 1.807) is 30.3 Å². The number of nitrogens with zero attached hydrogens (tertiary/aromatic N) is 1. The largest absolute Gasteiger partial charge is 0.507 e. The number of amides is 1. The number of aliphatic hydroxyl groups is 1. The molecule has 1 unspecified atom stereocenters. The number of aliphatic hydroxyl groups excluding tert-OH is 1. The zero-order valence-electron chi connectivity index (χ0n) is 15.7. The minimum Gasteiger partial charge on any atom is -0.507 e. The Labute approximate surface area is 175 Å². The number of thiophene rings is 1. The number of hydrogen-bond donors (Lipinski definition) is 1. The average molecular weight is 423 g/mol. The fourth-order valence-corrected chi connectivity index (χ4v) is 4.41. The predicted octanol–water partition coefficient (Wildman–Crippen LogP) is 3.73. The molecule has 0 aliphatic carbocycles. The molecule has 0 spiro atoms. The van der Waals surface area contributed by atoms with Gasteiger partial charge in [0.15, 0.2) is 11.5 Å². The number of benzene rings is 1. The zero-order chi connectivity index (χ0) is 20.7. The summed E-state index contributed by atoms with van der Waals surface area (Å²) >= 11 is 1.49. The van der Waals surface area contributed by atoms with Crippen LogP contribution in [0.2, 0.25) is 0 Å². The van der Waals surface area contributed by atoms with Crippen molar-refractivity contribution in [3.8, 4) is 11.5 Å². The summed E-state index contributed by atoms with van der Waals surface area (Å²) in [6.45, 7) is 1.09. The van der Waals surface area contributed by atoms with E-state index < -0.39 is 17.7 Å². The summed E-state index contributed by atoms with van der Waals surface area (Å²) in [6.07, 6.45) is 1.48. The highest BCUT2D eigenvalue weighted by atomic mass is 32.1. The number of likely N-dealkylation sites (tertiary alicyclic amines) is 1. The van der Waals surface area contributed by atoms with Crippen LogP contribution in [0.5, 0.6) is 11.5 Å². The molecule has 2 aliphatic heterocycles. The molecule has 152 valence electrons. The molecule has 0 radical (unpaired) electrons. The van der Waals surface area contributed by atoms with Gasteiger partial charge >= 0.3 is 0 Å². The van der Waals surface area contributed by atoms with Gasteiger partial charge < -0.3 is 23.9 Å². The first-order chi connectivity index (χ1) is 14.6. The highest BCUT2D eigenvalue weighted by Crippen LogP contribution is 2.42. The standard InChI is InChI=1S/C22H17NO6S/c24-20(13-5-6-15-17(11-13)29-9-8-28-15)18-19(16-4-1-7-27-16)23(22(26)21(18)25)12-14-3-2-10-30-14/h1-7,10-11,19,24H,8-9,12H2/b20-18-. The average Bonchev–Trinajstić information content (AvgIpc) is 3.52. The van der Waals surface area contributed by atoms with Crippen molar-refractivity contribution in [3.63, 3.8) is 0 Å². The molecule has 1 aromatic carbocycles. The van der Waals surface area contributed by atoms with Crippen molar-refractivity contribution in [2.45, 2.75) is 12.6 Å². The second-order valence-corrected chi connectivity index (χ2v) is 7.91. The molecule has 30 heavy (non-hydrogen) atoms. The van der Waals surface area contributed by atoms with E-state index in [4.69, 9.17) is 13.9 Å². The molecule has 1 fully saturated rings. The van der Waals surface area contributed by atoms with Gasteiger partial charge in [0.1, 0.15) is 30.8 Å². The van der Waals surface area contributed by atoms with Gasteiger partial charge in [-0.2, -0.15) is 0 Å². The van der Waals surface area contributed by atoms with Crippen molar-refractivity contribution in [1.82, 2.24) is 4.90 Å². The fourth-order valence-electron chi connectivity index (χ4n) is 3.70. The maximum Gasteiger partial charge on any atom is 0.296 e. The summed E-state index contributed by atoms with van der Waals surface area (Å²) < 4.78 is 16.6. The molecule has 4 heterocycles. The van der Waals surface area contributed by atoms with Gasteiger partial charge in [0, 0.05) is 10.4 Å². The van der Waals surface area contributed by atoms with Crippen LogP contribution in [-0.4, -0.2) is 34.9 Å². The van der Waals surface area contributed by atoms with E-state index in [2.05, 4.69) is 0 Å². The van der Waals surface area contributed by atoms with Crippen molar-refractivity contribution in [1.29, 1.82) is 0 Å². The van der Waals surface area contributed by atoms with Crippen LogP contribution in [0.25, 0.3) is 5.76 Å². The lowest BCUT2D eigenvalue weighted by Gasteiger charge is -2.23. The Morgan fingerprint density at radius 3 is 2.67 bits per heavy atom. The van der Waals surface area contributed by atoms with E-state index in [-0.39, 0.29) is 17.9 Å². The normalized spacial score (nSPS) is 20.0. The third-order valence-electron chi connectivity index (χ3n) is 5.07. The van der Waals surface area contributed by atoms with Crippen LogP contribution in [0, 0.1) is 0 Å². The van der Waals surface area contributed by atoms with Gasteiger partial charge in [-0.25, -0.2) is 0 Å². The number of carbonyl (C=O) groups excluding carboxylic acids is 2. The first-order valence-electron chi connectivity index (χ1n) is 9.37. The highest BCUT2D eigenvalue weighted by molar-refractivity contribution is 7.09. The third kappa shape index (κ3) is 3.05. The molecule has 1 saturated heterocycles. The smallest absolute Gasteiger partial charge is 0.296 e. The van der Waals surface area contributed by atoms with E-state index in [9.17, 15) is 14.7 Å². The van der Waals surface area contributed by atoms with E-state index in [0.717, 1.165) is 4.88 Å². The molecule has 3 aromatic rings. The number of hydrogen-bond acceptors (Lipinski definition) is 7. The molecule has 8 heteroatoms. The van der Waals surface area contributed by atoms with Gasteiger partial charge in [-0.1, -0.05) is 6.07 Å². The van der Waals surface area contributed by atoms with Crippen LogP contribution in [0.15, 0.2) is 64.1 Å². The van der Waals surface area contributed by atoms with Gasteiger partial charge in [0.25, 0.3) is 11.7 Å². The van der Waals surface area contributed by atoms with Gasteiger partial charge in [0.05, 0.1) is 18.4 Å². The van der Waals surface area contributed by atoms with Crippen molar-refractivity contribution < 1.29 is 28.6 Å². The molecular weight excluding hydrogens is 406 g/mol. The van der Waals surface area contributed by atoms with E-state index >= 15 is 0 Å². The minimum absolute atomic E-state index is 0.0109. The molecule has 7 nitrogen and oxygen atoms in total. The van der Waals surface area contributed by atoms with E-state index in [1.165, 1.54) is 22.5 Å². The Balaban J connectivity index is 1.61. The molecule has 1 amide bonds. The number of furan rings is 1. The first-order valence-corrected chi connectivity index (χ1v) is 10.3. The van der Waals surface area contributed by atoms with Gasteiger partial charge in [-0.05, 0) is 41.8 Å². The highest BCUT2D eigenvalue weighted by Gasteiger charge is 2.47. The fraction of sp³-hybridized carbons (Fsp3) is 0.182. The quantitative estimate of drug-likeness (QED) is 0.391. The summed E-state index contributed by atoms with van der Waals surface area (Å²) in [5.41, 5.74) is 0.355. The second kappa shape index (κ2) is 7.38. The summed E-state index contributed by atoms with van der Waals surface area (Å²) in [5.74, 6) is -0.249. The molecule has 2 aliphatic rings. The lowest BCUT2D eigenvalue weighted by Crippen LogP contribution is -2.28. The topological polar surface area (TPSA) is 89.2 Å². The molecule has 5 rings (SSSR count). The van der Waals surface area contributed by atoms with Gasteiger partial charge in [-0.3, -0.25) is 9.59 Å². The lowest BCUT2D eigenvalue weighted by molar-refractivity contribution is -0.140. The molecule has 2 aromatic heterocycles. The van der Waals surface area contributed by atoms with E-state index in [1.807, 2.05) is 17.5 Å². The minimum atomic E-state index is -0.824. The van der Waals surface area contributed by atoms with Crippen LogP contribution in [0.4, 0.5) is 0 Å². The van der Waals surface area contributed by atoms with Gasteiger partial charge in [0.2, 0.25) is 0 Å². The molecule has 1 atom stereocenters. The van der Waals surface area contributed by atoms with Gasteiger partial charge in [-0.15, -0.1) is 11.3 Å². The Morgan fingerprint density at radius 2 is 1.93 bits per heavy atom. The van der Waals surface area contributed by atoms with Crippen LogP contribution >= 0.6 is 11.3 Å². The van der Waals surface area contributed by atoms with Crippen molar-refractivity contribution in [2.75, 3.05) is 13.2 Å². The lowest BCUT2D eigenvalue weighted by atomic mass is 9.99. The van der Waals surface area contributed by atoms with Crippen LogP contribution < -0.4 is 9.47 Å². The summed E-state index contributed by atoms with van der Waals surface area (Å²) in [7, 11) is 0. The number of ketones is 1. The number of rotatable bonds is 4. The van der Waals surface area contributed by atoms with Crippen molar-refractivity contribution in [2.24, 2.45) is 0 Å². The summed E-state index contributed by atoms with van der Waals surface area (Å²) in [6, 6.07) is 11.2. The summed E-state index contributed by atoms with van der Waals surface area (Å²) in [4.78, 5) is 28.2. The first kappa shape index (κ1) is 18.5. The Bertz CT molecular complexity index is 1130. The predicted molar refractivity (Wildman–Crippen MR) is 108 cm³/mol. The number of carbonyl (C=O) groups is 2. The van der Waals surface area contributed by atoms with Crippen molar-refractivity contribution in [3.05, 3.63) is 75.9 Å². The maximum atomic E-state index is 13.0. The van der Waals surface area contributed by atoms with E-state index in [0.29, 0.717) is 36.0 Å². The molecule has 0 bridgehead atoms. The number of fused-ring (bicyclic) bond motifs is 1. The molecular formula is C22H17NO6S. The van der Waals surface area contributed by atoms with Crippen LogP contribution in [-0.2, 0) is 16.1 Å². The monoisotopic (exact) mass is 423 g/mol. The maximum absolute atomic E-state index is 13.0.